The second-order valence-corrected chi connectivity index (χ2v) is 9.02. The van der Waals surface area contributed by atoms with Crippen LogP contribution in [-0.2, 0) is 23.1 Å². The van der Waals surface area contributed by atoms with E-state index in [0.717, 1.165) is 36.7 Å². The van der Waals surface area contributed by atoms with Crippen molar-refractivity contribution in [3.05, 3.63) is 59.4 Å². The van der Waals surface area contributed by atoms with Gasteiger partial charge >= 0.3 is 0 Å². The van der Waals surface area contributed by atoms with Crippen LogP contribution < -0.4 is 5.32 Å². The highest BCUT2D eigenvalue weighted by molar-refractivity contribution is 5.87. The van der Waals surface area contributed by atoms with Gasteiger partial charge in [-0.05, 0) is 54.4 Å². The third-order valence-corrected chi connectivity index (χ3v) is 7.47. The molecule has 3 heterocycles. The largest absolute Gasteiger partial charge is 0.337 e. The molecule has 3 fully saturated rings. The van der Waals surface area contributed by atoms with Crippen molar-refractivity contribution in [2.45, 2.75) is 43.6 Å². The van der Waals surface area contributed by atoms with Crippen LogP contribution in [-0.4, -0.2) is 40.2 Å². The Kier molecular flexibility index (Phi) is 3.43. The molecule has 144 valence electrons. The highest BCUT2D eigenvalue weighted by atomic mass is 16.2. The van der Waals surface area contributed by atoms with Crippen molar-refractivity contribution in [1.29, 1.82) is 0 Å². The van der Waals surface area contributed by atoms with Gasteiger partial charge in [-0.3, -0.25) is 4.79 Å². The molecule has 3 saturated carbocycles. The fourth-order valence-corrected chi connectivity index (χ4v) is 5.85. The Labute approximate surface area is 165 Å². The number of amides is 1. The molecular formula is C23H26N4O. The summed E-state index contributed by atoms with van der Waals surface area (Å²) in [6.07, 6.45) is 7.36. The van der Waals surface area contributed by atoms with Gasteiger partial charge in [-0.25, -0.2) is 4.68 Å². The van der Waals surface area contributed by atoms with E-state index in [9.17, 15) is 4.79 Å². The van der Waals surface area contributed by atoms with Gasteiger partial charge in [0.25, 0.3) is 0 Å². The van der Waals surface area contributed by atoms with Crippen LogP contribution in [0.15, 0.2) is 36.9 Å². The van der Waals surface area contributed by atoms with E-state index < -0.39 is 0 Å². The lowest BCUT2D eigenvalue weighted by atomic mass is 9.42. The van der Waals surface area contributed by atoms with E-state index in [1.54, 1.807) is 0 Å². The standard InChI is InChI=1S/C23H26N4O/c1-2-21(28)26-10-8-18-22-19(14-26)24-9-7-20(22)27(25-18)17-5-3-16(4-6-17)23-11-15(12-23)13-23/h2-6,15,19,24H,1,7-14H2. The summed E-state index contributed by atoms with van der Waals surface area (Å²) in [5.41, 5.74) is 6.95. The van der Waals surface area contributed by atoms with Crippen LogP contribution >= 0.6 is 0 Å². The highest BCUT2D eigenvalue weighted by Gasteiger charge is 2.57. The molecule has 5 aliphatic rings. The first-order valence-electron chi connectivity index (χ1n) is 10.5. The van der Waals surface area contributed by atoms with E-state index in [0.29, 0.717) is 18.5 Å². The zero-order valence-corrected chi connectivity index (χ0v) is 16.2. The van der Waals surface area contributed by atoms with Gasteiger partial charge < -0.3 is 10.2 Å². The lowest BCUT2D eigenvalue weighted by molar-refractivity contribution is -0.126. The van der Waals surface area contributed by atoms with Crippen LogP contribution in [0.2, 0.25) is 0 Å². The maximum atomic E-state index is 12.1. The topological polar surface area (TPSA) is 50.2 Å². The van der Waals surface area contributed by atoms with Crippen LogP contribution in [0.25, 0.3) is 5.69 Å². The molecule has 2 aliphatic heterocycles. The summed E-state index contributed by atoms with van der Waals surface area (Å²) in [6.45, 7) is 5.96. The molecule has 5 nitrogen and oxygen atoms in total. The number of carbonyl (C=O) groups excluding carboxylic acids is 1. The molecule has 0 saturated heterocycles. The molecule has 1 N–H and O–H groups in total. The van der Waals surface area contributed by atoms with Gasteiger partial charge in [0.2, 0.25) is 5.91 Å². The Hall–Kier alpha value is -2.40. The molecule has 1 aromatic heterocycles. The predicted octanol–water partition coefficient (Wildman–Crippen LogP) is 2.68. The Bertz CT molecular complexity index is 956. The molecule has 1 unspecified atom stereocenters. The van der Waals surface area contributed by atoms with Crippen molar-refractivity contribution in [3.8, 4) is 5.69 Å². The molecule has 7 rings (SSSR count). The van der Waals surface area contributed by atoms with Gasteiger partial charge in [-0.1, -0.05) is 18.7 Å². The molecular weight excluding hydrogens is 348 g/mol. The third-order valence-electron chi connectivity index (χ3n) is 7.47. The summed E-state index contributed by atoms with van der Waals surface area (Å²) in [5.74, 6) is 1.01. The fourth-order valence-electron chi connectivity index (χ4n) is 5.85. The summed E-state index contributed by atoms with van der Waals surface area (Å²) in [4.78, 5) is 14.0. The first kappa shape index (κ1) is 16.5. The Morgan fingerprint density at radius 3 is 2.68 bits per heavy atom. The SMILES string of the molecule is C=CC(=O)N1CCc2nn(-c3ccc(C45CC(C4)C5)cc3)c3c2C(C1)NCC3. The summed E-state index contributed by atoms with van der Waals surface area (Å²) in [6, 6.07) is 9.33. The number of aromatic nitrogens is 2. The van der Waals surface area contributed by atoms with Gasteiger partial charge in [-0.15, -0.1) is 0 Å². The maximum Gasteiger partial charge on any atom is 0.246 e. The minimum absolute atomic E-state index is 0.0103. The number of nitrogens with one attached hydrogen (secondary N) is 1. The summed E-state index contributed by atoms with van der Waals surface area (Å²) >= 11 is 0. The molecule has 0 radical (unpaired) electrons. The first-order chi connectivity index (χ1) is 13.7. The molecule has 1 aromatic carbocycles. The van der Waals surface area contributed by atoms with Crippen LogP contribution in [0.5, 0.6) is 0 Å². The number of hydrogen-bond donors (Lipinski definition) is 1. The van der Waals surface area contributed by atoms with Crippen LogP contribution in [0.3, 0.4) is 0 Å². The molecule has 2 bridgehead atoms. The highest BCUT2D eigenvalue weighted by Crippen LogP contribution is 2.65. The van der Waals surface area contributed by atoms with Crippen molar-refractivity contribution in [2.24, 2.45) is 5.92 Å². The molecule has 1 atom stereocenters. The van der Waals surface area contributed by atoms with Crippen LogP contribution in [0.4, 0.5) is 0 Å². The van der Waals surface area contributed by atoms with E-state index in [-0.39, 0.29) is 11.9 Å². The number of nitrogens with zero attached hydrogens (tertiary/aromatic N) is 3. The molecule has 0 spiro atoms. The van der Waals surface area contributed by atoms with E-state index in [2.05, 4.69) is 40.8 Å². The zero-order valence-electron chi connectivity index (χ0n) is 16.2. The number of carbonyl (C=O) groups is 1. The predicted molar refractivity (Wildman–Crippen MR) is 108 cm³/mol. The number of benzene rings is 1. The Morgan fingerprint density at radius 2 is 2.00 bits per heavy atom. The molecule has 3 aliphatic carbocycles. The van der Waals surface area contributed by atoms with Gasteiger partial charge in [0.05, 0.1) is 23.1 Å². The molecule has 1 amide bonds. The first-order valence-corrected chi connectivity index (χ1v) is 10.5. The van der Waals surface area contributed by atoms with Crippen LogP contribution in [0.1, 0.15) is 47.8 Å². The number of hydrogen-bond acceptors (Lipinski definition) is 3. The second kappa shape index (κ2) is 5.80. The Morgan fingerprint density at radius 1 is 1.21 bits per heavy atom. The van der Waals surface area contributed by atoms with Crippen molar-refractivity contribution >= 4 is 5.91 Å². The fraction of sp³-hybridized carbons (Fsp3) is 0.478. The van der Waals surface area contributed by atoms with Crippen molar-refractivity contribution in [2.75, 3.05) is 19.6 Å². The maximum absolute atomic E-state index is 12.1. The number of rotatable bonds is 3. The average molecular weight is 374 g/mol. The van der Waals surface area contributed by atoms with E-state index in [1.807, 2.05) is 4.90 Å². The smallest absolute Gasteiger partial charge is 0.246 e. The van der Waals surface area contributed by atoms with Gasteiger partial charge in [0, 0.05) is 38.0 Å². The average Bonchev–Trinajstić information content (AvgIpc) is 2.91. The minimum Gasteiger partial charge on any atom is -0.337 e. The Balaban J connectivity index is 1.34. The van der Waals surface area contributed by atoms with Gasteiger partial charge in [-0.2, -0.15) is 5.10 Å². The quantitative estimate of drug-likeness (QED) is 0.841. The van der Waals surface area contributed by atoms with Crippen molar-refractivity contribution in [3.63, 3.8) is 0 Å². The van der Waals surface area contributed by atoms with Crippen molar-refractivity contribution in [1.82, 2.24) is 20.0 Å². The second-order valence-electron chi connectivity index (χ2n) is 9.02. The van der Waals surface area contributed by atoms with E-state index in [1.165, 1.54) is 42.2 Å². The monoisotopic (exact) mass is 374 g/mol. The van der Waals surface area contributed by atoms with Gasteiger partial charge in [0.15, 0.2) is 0 Å². The summed E-state index contributed by atoms with van der Waals surface area (Å²) in [7, 11) is 0. The van der Waals surface area contributed by atoms with Crippen LogP contribution in [0, 0.1) is 5.92 Å². The molecule has 28 heavy (non-hydrogen) atoms. The zero-order chi connectivity index (χ0) is 18.9. The third kappa shape index (κ3) is 2.23. The normalized spacial score (nSPS) is 29.9. The van der Waals surface area contributed by atoms with Crippen molar-refractivity contribution < 1.29 is 4.79 Å². The summed E-state index contributed by atoms with van der Waals surface area (Å²) in [5, 5.41) is 8.61. The molecule has 5 heteroatoms. The van der Waals surface area contributed by atoms with Gasteiger partial charge in [0.1, 0.15) is 0 Å². The van der Waals surface area contributed by atoms with E-state index in [4.69, 9.17) is 5.10 Å². The molecule has 2 aromatic rings. The van der Waals surface area contributed by atoms with E-state index >= 15 is 0 Å². The lowest BCUT2D eigenvalue weighted by Gasteiger charge is -2.62. The summed E-state index contributed by atoms with van der Waals surface area (Å²) < 4.78 is 2.16. The minimum atomic E-state index is 0.0103. The lowest BCUT2D eigenvalue weighted by Crippen LogP contribution is -2.55.